The van der Waals surface area contributed by atoms with Crippen LogP contribution in [0.5, 0.6) is 0 Å². The molecule has 1 aromatic rings. The van der Waals surface area contributed by atoms with Crippen LogP contribution in [-0.4, -0.2) is 23.1 Å². The van der Waals surface area contributed by atoms with Crippen LogP contribution in [0.25, 0.3) is 0 Å². The first-order chi connectivity index (χ1) is 7.31. The van der Waals surface area contributed by atoms with Gasteiger partial charge in [0.25, 0.3) is 0 Å². The molecule has 0 aliphatic heterocycles. The van der Waals surface area contributed by atoms with Crippen molar-refractivity contribution in [1.82, 2.24) is 9.97 Å². The molecule has 1 aromatic heterocycles. The molecule has 1 heterocycles. The molecular formula is C10H15BrN4. The SMILES string of the molecule is CCNc1ncnc(NCC2CC2)c1Br. The van der Waals surface area contributed by atoms with Gasteiger partial charge in [-0.3, -0.25) is 0 Å². The van der Waals surface area contributed by atoms with Crippen LogP contribution in [-0.2, 0) is 0 Å². The Labute approximate surface area is 98.0 Å². The van der Waals surface area contributed by atoms with E-state index < -0.39 is 0 Å². The van der Waals surface area contributed by atoms with Gasteiger partial charge in [0.1, 0.15) is 22.4 Å². The lowest BCUT2D eigenvalue weighted by Crippen LogP contribution is -2.08. The second kappa shape index (κ2) is 4.79. The molecule has 5 heteroatoms. The largest absolute Gasteiger partial charge is 0.369 e. The van der Waals surface area contributed by atoms with Crippen molar-refractivity contribution in [2.75, 3.05) is 23.7 Å². The van der Waals surface area contributed by atoms with E-state index in [0.717, 1.165) is 35.1 Å². The standard InChI is InChI=1S/C10H15BrN4/c1-2-12-9-8(11)10(15-6-14-9)13-5-7-3-4-7/h6-7H,2-5H2,1H3,(H2,12,13,14,15). The van der Waals surface area contributed by atoms with Crippen molar-refractivity contribution in [3.63, 3.8) is 0 Å². The summed E-state index contributed by atoms with van der Waals surface area (Å²) >= 11 is 3.50. The zero-order chi connectivity index (χ0) is 10.7. The first kappa shape index (κ1) is 10.7. The van der Waals surface area contributed by atoms with Gasteiger partial charge in [-0.25, -0.2) is 9.97 Å². The van der Waals surface area contributed by atoms with Crippen LogP contribution in [0.4, 0.5) is 11.6 Å². The second-order valence-corrected chi connectivity index (χ2v) is 4.53. The number of rotatable bonds is 5. The lowest BCUT2D eigenvalue weighted by molar-refractivity contribution is 0.879. The summed E-state index contributed by atoms with van der Waals surface area (Å²) in [4.78, 5) is 8.37. The Bertz CT molecular complexity index is 338. The fourth-order valence-electron chi connectivity index (χ4n) is 1.35. The molecule has 0 radical (unpaired) electrons. The van der Waals surface area contributed by atoms with Gasteiger partial charge in [-0.05, 0) is 41.6 Å². The fourth-order valence-corrected chi connectivity index (χ4v) is 1.83. The van der Waals surface area contributed by atoms with Gasteiger partial charge in [-0.15, -0.1) is 0 Å². The summed E-state index contributed by atoms with van der Waals surface area (Å²) in [5.41, 5.74) is 0. The molecule has 15 heavy (non-hydrogen) atoms. The number of halogens is 1. The third-order valence-electron chi connectivity index (χ3n) is 2.39. The van der Waals surface area contributed by atoms with E-state index in [9.17, 15) is 0 Å². The first-order valence-electron chi connectivity index (χ1n) is 5.29. The van der Waals surface area contributed by atoms with Crippen LogP contribution >= 0.6 is 15.9 Å². The van der Waals surface area contributed by atoms with Crippen LogP contribution in [0.15, 0.2) is 10.8 Å². The maximum atomic E-state index is 4.21. The highest BCUT2D eigenvalue weighted by molar-refractivity contribution is 9.10. The average Bonchev–Trinajstić information content (AvgIpc) is 3.03. The minimum Gasteiger partial charge on any atom is -0.369 e. The highest BCUT2D eigenvalue weighted by Gasteiger charge is 2.21. The van der Waals surface area contributed by atoms with Crippen LogP contribution < -0.4 is 10.6 Å². The summed E-state index contributed by atoms with van der Waals surface area (Å²) < 4.78 is 0.924. The summed E-state index contributed by atoms with van der Waals surface area (Å²) in [6.07, 6.45) is 4.27. The monoisotopic (exact) mass is 270 g/mol. The highest BCUT2D eigenvalue weighted by Crippen LogP contribution is 2.31. The van der Waals surface area contributed by atoms with E-state index in [0.29, 0.717) is 0 Å². The Morgan fingerprint density at radius 3 is 2.60 bits per heavy atom. The van der Waals surface area contributed by atoms with Gasteiger partial charge in [-0.1, -0.05) is 0 Å². The van der Waals surface area contributed by atoms with Gasteiger partial charge in [0, 0.05) is 13.1 Å². The van der Waals surface area contributed by atoms with Crippen molar-refractivity contribution in [2.45, 2.75) is 19.8 Å². The smallest absolute Gasteiger partial charge is 0.145 e. The predicted octanol–water partition coefficient (Wildman–Crippen LogP) is 2.49. The van der Waals surface area contributed by atoms with Crippen LogP contribution in [0.2, 0.25) is 0 Å². The molecule has 2 N–H and O–H groups in total. The summed E-state index contributed by atoms with van der Waals surface area (Å²) in [5.74, 6) is 2.58. The predicted molar refractivity (Wildman–Crippen MR) is 65.1 cm³/mol. The summed E-state index contributed by atoms with van der Waals surface area (Å²) in [6.45, 7) is 3.92. The maximum absolute atomic E-state index is 4.21. The van der Waals surface area contributed by atoms with Crippen molar-refractivity contribution in [2.24, 2.45) is 5.92 Å². The Kier molecular flexibility index (Phi) is 3.41. The normalized spacial score (nSPS) is 15.1. The molecule has 0 bridgehead atoms. The second-order valence-electron chi connectivity index (χ2n) is 3.74. The molecule has 1 aliphatic rings. The van der Waals surface area contributed by atoms with Gasteiger partial charge >= 0.3 is 0 Å². The molecule has 0 unspecified atom stereocenters. The van der Waals surface area contributed by atoms with Gasteiger partial charge < -0.3 is 10.6 Å². The summed E-state index contributed by atoms with van der Waals surface area (Å²) in [5, 5.41) is 6.52. The third-order valence-corrected chi connectivity index (χ3v) is 3.14. The Morgan fingerprint density at radius 2 is 2.00 bits per heavy atom. The number of nitrogens with zero attached hydrogens (tertiary/aromatic N) is 2. The fraction of sp³-hybridized carbons (Fsp3) is 0.600. The molecule has 1 saturated carbocycles. The van der Waals surface area contributed by atoms with Gasteiger partial charge in [0.05, 0.1) is 0 Å². The minimum absolute atomic E-state index is 0.842. The van der Waals surface area contributed by atoms with E-state index in [4.69, 9.17) is 0 Å². The molecule has 0 saturated heterocycles. The van der Waals surface area contributed by atoms with Crippen molar-refractivity contribution in [3.05, 3.63) is 10.8 Å². The molecule has 1 fully saturated rings. The maximum Gasteiger partial charge on any atom is 0.145 e. The molecular weight excluding hydrogens is 256 g/mol. The molecule has 1 aliphatic carbocycles. The van der Waals surface area contributed by atoms with Gasteiger partial charge in [0.15, 0.2) is 0 Å². The van der Waals surface area contributed by atoms with Crippen molar-refractivity contribution < 1.29 is 0 Å². The lowest BCUT2D eigenvalue weighted by Gasteiger charge is -2.10. The van der Waals surface area contributed by atoms with Crippen LogP contribution in [0, 0.1) is 5.92 Å². The van der Waals surface area contributed by atoms with Gasteiger partial charge in [0.2, 0.25) is 0 Å². The highest BCUT2D eigenvalue weighted by atomic mass is 79.9. The van der Waals surface area contributed by atoms with Gasteiger partial charge in [-0.2, -0.15) is 0 Å². The molecule has 4 nitrogen and oxygen atoms in total. The molecule has 2 rings (SSSR count). The Balaban J connectivity index is 2.04. The third kappa shape index (κ3) is 2.81. The zero-order valence-electron chi connectivity index (χ0n) is 8.76. The lowest BCUT2D eigenvalue weighted by atomic mass is 10.4. The van der Waals surface area contributed by atoms with Crippen molar-refractivity contribution in [1.29, 1.82) is 0 Å². The number of anilines is 2. The van der Waals surface area contributed by atoms with E-state index in [2.05, 4.69) is 36.5 Å². The zero-order valence-corrected chi connectivity index (χ0v) is 10.3. The molecule has 0 spiro atoms. The molecule has 82 valence electrons. The number of hydrogen-bond donors (Lipinski definition) is 2. The van der Waals surface area contributed by atoms with E-state index in [-0.39, 0.29) is 0 Å². The number of hydrogen-bond acceptors (Lipinski definition) is 4. The van der Waals surface area contributed by atoms with E-state index in [1.807, 2.05) is 6.92 Å². The quantitative estimate of drug-likeness (QED) is 0.863. The van der Waals surface area contributed by atoms with E-state index >= 15 is 0 Å². The van der Waals surface area contributed by atoms with Crippen molar-refractivity contribution in [3.8, 4) is 0 Å². The van der Waals surface area contributed by atoms with Crippen LogP contribution in [0.3, 0.4) is 0 Å². The molecule has 0 amide bonds. The topological polar surface area (TPSA) is 49.8 Å². The van der Waals surface area contributed by atoms with E-state index in [1.54, 1.807) is 6.33 Å². The first-order valence-corrected chi connectivity index (χ1v) is 6.08. The molecule has 0 atom stereocenters. The molecule has 0 aromatic carbocycles. The van der Waals surface area contributed by atoms with Crippen LogP contribution in [0.1, 0.15) is 19.8 Å². The average molecular weight is 271 g/mol. The summed E-state index contributed by atoms with van der Waals surface area (Å²) in [6, 6.07) is 0. The Hall–Kier alpha value is -0.840. The number of nitrogens with one attached hydrogen (secondary N) is 2. The Morgan fingerprint density at radius 1 is 1.33 bits per heavy atom. The number of aromatic nitrogens is 2. The van der Waals surface area contributed by atoms with Crippen molar-refractivity contribution >= 4 is 27.6 Å². The minimum atomic E-state index is 0.842. The summed E-state index contributed by atoms with van der Waals surface area (Å²) in [7, 11) is 0. The van der Waals surface area contributed by atoms with E-state index in [1.165, 1.54) is 12.8 Å².